The molecule has 0 amide bonds. The molecule has 1 nitrogen and oxygen atoms in total. The Balaban J connectivity index is 1.22. The highest BCUT2D eigenvalue weighted by Crippen LogP contribution is 2.54. The minimum atomic E-state index is -0.00567. The van der Waals surface area contributed by atoms with E-state index >= 15 is 0 Å². The SMILES string of the molecule is CC1(C)C2=CC(N(c3ccc(-c4cccc5ccccc45)cc3)c3cccc4c3sc3ccccc34)=CCC2c2ccccc21. The minimum absolute atomic E-state index is 0.00567. The maximum Gasteiger partial charge on any atom is 0.0640 e. The standard InChI is InChI=1S/C43H33NS/c1-43(2)38-18-7-5-14-34(38)35-26-25-31(27-39(35)43)44(40-19-10-17-37-36-15-6-8-20-41(36)45-42(37)40)30-23-21-29(22-24-30)33-16-9-12-28-11-3-4-13-32(28)33/h3-25,27,35H,26H2,1-2H3. The molecule has 0 spiro atoms. The minimum Gasteiger partial charge on any atom is -0.309 e. The van der Waals surface area contributed by atoms with Gasteiger partial charge in [0.15, 0.2) is 0 Å². The van der Waals surface area contributed by atoms with E-state index in [9.17, 15) is 0 Å². The number of anilines is 2. The first-order valence-corrected chi connectivity index (χ1v) is 16.7. The van der Waals surface area contributed by atoms with E-state index in [0.717, 1.165) is 6.42 Å². The van der Waals surface area contributed by atoms with Gasteiger partial charge in [0.1, 0.15) is 0 Å². The van der Waals surface area contributed by atoms with Crippen LogP contribution in [0.2, 0.25) is 0 Å². The molecule has 2 aliphatic rings. The zero-order valence-electron chi connectivity index (χ0n) is 25.5. The van der Waals surface area contributed by atoms with Gasteiger partial charge in [-0.25, -0.2) is 0 Å². The summed E-state index contributed by atoms with van der Waals surface area (Å²) in [5.41, 5.74) is 10.6. The maximum absolute atomic E-state index is 2.51. The van der Waals surface area contributed by atoms with Gasteiger partial charge in [-0.3, -0.25) is 0 Å². The molecule has 45 heavy (non-hydrogen) atoms. The average molecular weight is 596 g/mol. The molecule has 0 fully saturated rings. The number of nitrogens with zero attached hydrogens (tertiary/aromatic N) is 1. The van der Waals surface area contributed by atoms with Crippen LogP contribution in [0.15, 0.2) is 157 Å². The molecule has 0 N–H and O–H groups in total. The highest BCUT2D eigenvalue weighted by atomic mass is 32.1. The Morgan fingerprint density at radius 2 is 1.38 bits per heavy atom. The summed E-state index contributed by atoms with van der Waals surface area (Å²) >= 11 is 1.90. The Morgan fingerprint density at radius 3 is 2.27 bits per heavy atom. The Morgan fingerprint density at radius 1 is 0.667 bits per heavy atom. The Hall–Kier alpha value is -4.92. The lowest BCUT2D eigenvalue weighted by Crippen LogP contribution is -2.22. The van der Waals surface area contributed by atoms with Crippen LogP contribution in [0.25, 0.3) is 42.1 Å². The van der Waals surface area contributed by atoms with Crippen molar-refractivity contribution in [1.29, 1.82) is 0 Å². The van der Waals surface area contributed by atoms with Crippen LogP contribution in [0.5, 0.6) is 0 Å². The summed E-state index contributed by atoms with van der Waals surface area (Å²) in [7, 11) is 0. The van der Waals surface area contributed by atoms with Crippen molar-refractivity contribution >= 4 is 53.7 Å². The first-order valence-electron chi connectivity index (χ1n) is 15.9. The Bertz CT molecular complexity index is 2330. The van der Waals surface area contributed by atoms with Crippen molar-refractivity contribution < 1.29 is 0 Å². The van der Waals surface area contributed by atoms with E-state index in [1.165, 1.54) is 75.8 Å². The lowest BCUT2D eigenvalue weighted by molar-refractivity contribution is 0.609. The van der Waals surface area contributed by atoms with Crippen molar-refractivity contribution in [3.05, 3.63) is 168 Å². The molecular formula is C43H33NS. The van der Waals surface area contributed by atoms with E-state index in [1.807, 2.05) is 11.3 Å². The van der Waals surface area contributed by atoms with Crippen molar-refractivity contribution in [2.24, 2.45) is 0 Å². The van der Waals surface area contributed by atoms with Gasteiger partial charge in [0, 0.05) is 38.2 Å². The number of rotatable bonds is 4. The second kappa shape index (κ2) is 10.1. The van der Waals surface area contributed by atoms with Crippen LogP contribution in [-0.2, 0) is 5.41 Å². The lowest BCUT2D eigenvalue weighted by atomic mass is 9.78. The number of fused-ring (bicyclic) bond motifs is 7. The summed E-state index contributed by atoms with van der Waals surface area (Å²) in [4.78, 5) is 2.51. The Kier molecular flexibility index (Phi) is 5.92. The zero-order valence-corrected chi connectivity index (χ0v) is 26.3. The second-order valence-electron chi connectivity index (χ2n) is 12.9. The monoisotopic (exact) mass is 595 g/mol. The molecule has 216 valence electrons. The Labute approximate surface area is 268 Å². The van der Waals surface area contributed by atoms with Crippen LogP contribution >= 0.6 is 11.3 Å². The molecule has 0 saturated heterocycles. The summed E-state index contributed by atoms with van der Waals surface area (Å²) in [6.07, 6.45) is 5.98. The number of benzene rings is 6. The fraction of sp³-hybridized carbons (Fsp3) is 0.116. The predicted octanol–water partition coefficient (Wildman–Crippen LogP) is 12.3. The number of hydrogen-bond donors (Lipinski definition) is 0. The molecule has 2 aliphatic carbocycles. The van der Waals surface area contributed by atoms with Crippen molar-refractivity contribution in [2.45, 2.75) is 31.6 Å². The van der Waals surface area contributed by atoms with Gasteiger partial charge >= 0.3 is 0 Å². The molecule has 6 aromatic carbocycles. The highest BCUT2D eigenvalue weighted by Gasteiger charge is 2.42. The fourth-order valence-corrected chi connectivity index (χ4v) is 9.09. The van der Waals surface area contributed by atoms with E-state index < -0.39 is 0 Å². The van der Waals surface area contributed by atoms with Crippen molar-refractivity contribution in [2.75, 3.05) is 4.90 Å². The summed E-state index contributed by atoms with van der Waals surface area (Å²) < 4.78 is 2.65. The van der Waals surface area contributed by atoms with Crippen molar-refractivity contribution in [3.8, 4) is 11.1 Å². The average Bonchev–Trinajstić information content (AvgIpc) is 3.58. The smallest absolute Gasteiger partial charge is 0.0640 e. The second-order valence-corrected chi connectivity index (χ2v) is 13.9. The van der Waals surface area contributed by atoms with Gasteiger partial charge in [0.25, 0.3) is 0 Å². The van der Waals surface area contributed by atoms with Gasteiger partial charge in [-0.05, 0) is 69.8 Å². The fourth-order valence-electron chi connectivity index (χ4n) is 7.88. The molecule has 0 saturated carbocycles. The predicted molar refractivity (Wildman–Crippen MR) is 194 cm³/mol. The molecule has 0 aliphatic heterocycles. The highest BCUT2D eigenvalue weighted by molar-refractivity contribution is 7.26. The molecule has 0 radical (unpaired) electrons. The zero-order chi connectivity index (χ0) is 30.1. The van der Waals surface area contributed by atoms with Gasteiger partial charge in [-0.2, -0.15) is 0 Å². The normalized spacial score (nSPS) is 16.8. The maximum atomic E-state index is 2.51. The van der Waals surface area contributed by atoms with E-state index in [2.05, 4.69) is 164 Å². The van der Waals surface area contributed by atoms with Gasteiger partial charge in [-0.15, -0.1) is 11.3 Å². The molecule has 9 rings (SSSR count). The van der Waals surface area contributed by atoms with Crippen LogP contribution in [0, 0.1) is 0 Å². The van der Waals surface area contributed by atoms with Crippen LogP contribution in [0.3, 0.4) is 0 Å². The first-order chi connectivity index (χ1) is 22.1. The summed E-state index contributed by atoms with van der Waals surface area (Å²) in [5, 5.41) is 5.20. The summed E-state index contributed by atoms with van der Waals surface area (Å²) in [6.45, 7) is 4.80. The third-order valence-electron chi connectivity index (χ3n) is 10.1. The molecule has 1 aromatic heterocycles. The van der Waals surface area contributed by atoms with E-state index in [4.69, 9.17) is 0 Å². The summed E-state index contributed by atoms with van der Waals surface area (Å²) in [6, 6.07) is 49.1. The molecule has 0 bridgehead atoms. The quantitative estimate of drug-likeness (QED) is 0.196. The third kappa shape index (κ3) is 4.06. The number of allylic oxidation sites excluding steroid dienone is 3. The first kappa shape index (κ1) is 26.5. The van der Waals surface area contributed by atoms with Gasteiger partial charge < -0.3 is 4.90 Å². The third-order valence-corrected chi connectivity index (χ3v) is 11.3. The molecule has 1 atom stereocenters. The lowest BCUT2D eigenvalue weighted by Gasteiger charge is -2.33. The molecule has 2 heteroatoms. The summed E-state index contributed by atoms with van der Waals surface area (Å²) in [5.74, 6) is 0.440. The van der Waals surface area contributed by atoms with Crippen molar-refractivity contribution in [3.63, 3.8) is 0 Å². The number of thiophene rings is 1. The van der Waals surface area contributed by atoms with E-state index in [0.29, 0.717) is 5.92 Å². The van der Waals surface area contributed by atoms with Crippen molar-refractivity contribution in [1.82, 2.24) is 0 Å². The molecular weight excluding hydrogens is 563 g/mol. The van der Waals surface area contributed by atoms with Crippen LogP contribution in [0.4, 0.5) is 11.4 Å². The largest absolute Gasteiger partial charge is 0.309 e. The van der Waals surface area contributed by atoms with Crippen LogP contribution < -0.4 is 4.90 Å². The van der Waals surface area contributed by atoms with Gasteiger partial charge in [-0.1, -0.05) is 135 Å². The van der Waals surface area contributed by atoms with Crippen LogP contribution in [-0.4, -0.2) is 0 Å². The van der Waals surface area contributed by atoms with Gasteiger partial charge in [0.2, 0.25) is 0 Å². The van der Waals surface area contributed by atoms with E-state index in [1.54, 1.807) is 0 Å². The molecule has 7 aromatic rings. The van der Waals surface area contributed by atoms with Crippen LogP contribution in [0.1, 0.15) is 37.3 Å². The molecule has 1 heterocycles. The molecule has 1 unspecified atom stereocenters. The van der Waals surface area contributed by atoms with E-state index in [-0.39, 0.29) is 5.41 Å². The number of hydrogen-bond acceptors (Lipinski definition) is 2. The topological polar surface area (TPSA) is 3.24 Å². The van der Waals surface area contributed by atoms with Gasteiger partial charge in [0.05, 0.1) is 10.4 Å².